The molecule has 1 heterocycles. The molecule has 1 N–H and O–H groups in total. The fraction of sp³-hybridized carbons (Fsp3) is 0.154. The highest BCUT2D eigenvalue weighted by molar-refractivity contribution is 9.10. The lowest BCUT2D eigenvalue weighted by atomic mass is 10.2. The summed E-state index contributed by atoms with van der Waals surface area (Å²) in [7, 11) is 3.05. The lowest BCUT2D eigenvalue weighted by molar-refractivity contribution is 0.102. The first-order chi connectivity index (χ1) is 9.63. The van der Waals surface area contributed by atoms with Gasteiger partial charge in [0.2, 0.25) is 0 Å². The van der Waals surface area contributed by atoms with Crippen LogP contribution in [0.15, 0.2) is 35.2 Å². The van der Waals surface area contributed by atoms with Gasteiger partial charge in [0.25, 0.3) is 5.91 Å². The molecule has 0 fully saturated rings. The minimum atomic E-state index is -0.303. The topological polar surface area (TPSA) is 73.3 Å². The van der Waals surface area contributed by atoms with Crippen LogP contribution in [0.3, 0.4) is 0 Å². The third kappa shape index (κ3) is 3.24. The second-order valence-corrected chi connectivity index (χ2v) is 4.56. The number of nitrogens with zero attached hydrogens (tertiary/aromatic N) is 2. The van der Waals surface area contributed by atoms with E-state index in [4.69, 9.17) is 9.47 Å². The number of amides is 1. The molecule has 7 heteroatoms. The van der Waals surface area contributed by atoms with Gasteiger partial charge in [0, 0.05) is 5.56 Å². The minimum absolute atomic E-state index is 0.303. The van der Waals surface area contributed by atoms with Crippen molar-refractivity contribution < 1.29 is 14.3 Å². The van der Waals surface area contributed by atoms with Crippen LogP contribution in [0.1, 0.15) is 10.4 Å². The lowest BCUT2D eigenvalue weighted by Crippen LogP contribution is -2.13. The van der Waals surface area contributed by atoms with Gasteiger partial charge in [-0.3, -0.25) is 4.79 Å². The van der Waals surface area contributed by atoms with E-state index in [-0.39, 0.29) is 5.91 Å². The van der Waals surface area contributed by atoms with Crippen LogP contribution in [0, 0.1) is 0 Å². The first-order valence-corrected chi connectivity index (χ1v) is 6.44. The molecule has 0 spiro atoms. The van der Waals surface area contributed by atoms with Crippen molar-refractivity contribution in [1.82, 2.24) is 9.97 Å². The van der Waals surface area contributed by atoms with E-state index in [1.54, 1.807) is 18.2 Å². The zero-order valence-electron chi connectivity index (χ0n) is 10.9. The van der Waals surface area contributed by atoms with E-state index in [2.05, 4.69) is 31.2 Å². The van der Waals surface area contributed by atoms with Crippen molar-refractivity contribution in [3.8, 4) is 11.5 Å². The smallest absolute Gasteiger partial charge is 0.256 e. The number of carbonyl (C=O) groups excluding carboxylic acids is 1. The van der Waals surface area contributed by atoms with E-state index >= 15 is 0 Å². The molecule has 6 nitrogen and oxygen atoms in total. The van der Waals surface area contributed by atoms with Crippen molar-refractivity contribution in [1.29, 1.82) is 0 Å². The maximum atomic E-state index is 12.1. The number of ether oxygens (including phenoxy) is 2. The molecule has 0 saturated carbocycles. The molecule has 1 aromatic carbocycles. The van der Waals surface area contributed by atoms with E-state index in [1.807, 2.05) is 0 Å². The Morgan fingerprint density at radius 3 is 2.50 bits per heavy atom. The summed E-state index contributed by atoms with van der Waals surface area (Å²) in [5.41, 5.74) is 0.437. The number of hydrogen-bond donors (Lipinski definition) is 1. The van der Waals surface area contributed by atoms with Crippen LogP contribution in [0.5, 0.6) is 11.5 Å². The monoisotopic (exact) mass is 337 g/mol. The predicted molar refractivity (Wildman–Crippen MR) is 77.2 cm³/mol. The van der Waals surface area contributed by atoms with E-state index in [0.717, 1.165) is 0 Å². The first-order valence-electron chi connectivity index (χ1n) is 5.65. The van der Waals surface area contributed by atoms with Gasteiger partial charge in [-0.25, -0.2) is 9.97 Å². The molecule has 2 aromatic rings. The number of rotatable bonds is 4. The number of methoxy groups -OCH3 is 2. The van der Waals surface area contributed by atoms with Gasteiger partial charge in [-0.15, -0.1) is 0 Å². The van der Waals surface area contributed by atoms with Gasteiger partial charge in [0.1, 0.15) is 4.60 Å². The number of halogens is 1. The third-order valence-corrected chi connectivity index (χ3v) is 2.92. The van der Waals surface area contributed by atoms with Gasteiger partial charge in [-0.1, -0.05) is 0 Å². The average molecular weight is 338 g/mol. The second kappa shape index (κ2) is 6.33. The van der Waals surface area contributed by atoms with Crippen LogP contribution in [0.25, 0.3) is 0 Å². The number of nitrogens with one attached hydrogen (secondary N) is 1. The summed E-state index contributed by atoms with van der Waals surface area (Å²) in [6.45, 7) is 0. The fourth-order valence-corrected chi connectivity index (χ4v) is 1.75. The molecule has 1 amide bonds. The number of aromatic nitrogens is 2. The van der Waals surface area contributed by atoms with Gasteiger partial charge >= 0.3 is 0 Å². The summed E-state index contributed by atoms with van der Waals surface area (Å²) in [5, 5.41) is 2.64. The molecule has 0 radical (unpaired) electrons. The Kier molecular flexibility index (Phi) is 4.52. The fourth-order valence-electron chi connectivity index (χ4n) is 1.54. The highest BCUT2D eigenvalue weighted by Crippen LogP contribution is 2.27. The standard InChI is InChI=1S/C13H12BrN3O3/c1-19-9-4-3-8(5-10(9)20-2)13(18)17-12-7-15-11(14)6-16-12/h3-7H,1-2H3,(H,16,17,18). The highest BCUT2D eigenvalue weighted by atomic mass is 79.9. The summed E-state index contributed by atoms with van der Waals surface area (Å²) >= 11 is 3.17. The maximum Gasteiger partial charge on any atom is 0.256 e. The third-order valence-electron chi connectivity index (χ3n) is 2.51. The van der Waals surface area contributed by atoms with Crippen molar-refractivity contribution >= 4 is 27.7 Å². The average Bonchev–Trinajstić information content (AvgIpc) is 2.48. The zero-order valence-corrected chi connectivity index (χ0v) is 12.5. The molecule has 2 rings (SSSR count). The van der Waals surface area contributed by atoms with E-state index in [1.165, 1.54) is 26.6 Å². The SMILES string of the molecule is COc1ccc(C(=O)Nc2cnc(Br)cn2)cc1OC. The molecule has 20 heavy (non-hydrogen) atoms. The molecule has 104 valence electrons. The van der Waals surface area contributed by atoms with Crippen molar-refractivity contribution in [3.63, 3.8) is 0 Å². The van der Waals surface area contributed by atoms with Gasteiger partial charge in [0.15, 0.2) is 17.3 Å². The minimum Gasteiger partial charge on any atom is -0.493 e. The number of anilines is 1. The Labute approximate surface area is 124 Å². The van der Waals surface area contributed by atoms with E-state index in [0.29, 0.717) is 27.5 Å². The summed E-state index contributed by atoms with van der Waals surface area (Å²) in [5.74, 6) is 1.12. The normalized spacial score (nSPS) is 9.95. The summed E-state index contributed by atoms with van der Waals surface area (Å²) in [6, 6.07) is 4.91. The predicted octanol–water partition coefficient (Wildman–Crippen LogP) is 2.51. The van der Waals surface area contributed by atoms with Crippen molar-refractivity contribution in [3.05, 3.63) is 40.8 Å². The lowest BCUT2D eigenvalue weighted by Gasteiger charge is -2.09. The first kappa shape index (κ1) is 14.3. The van der Waals surface area contributed by atoms with Gasteiger partial charge in [-0.05, 0) is 34.1 Å². The van der Waals surface area contributed by atoms with Crippen LogP contribution in [0.2, 0.25) is 0 Å². The number of carbonyl (C=O) groups is 1. The largest absolute Gasteiger partial charge is 0.493 e. The molecule has 0 aliphatic carbocycles. The molecule has 0 aliphatic rings. The van der Waals surface area contributed by atoms with Crippen LogP contribution in [-0.2, 0) is 0 Å². The van der Waals surface area contributed by atoms with Crippen LogP contribution >= 0.6 is 15.9 Å². The second-order valence-electron chi connectivity index (χ2n) is 3.75. The molecule has 0 atom stereocenters. The Morgan fingerprint density at radius 1 is 1.15 bits per heavy atom. The van der Waals surface area contributed by atoms with Gasteiger partial charge < -0.3 is 14.8 Å². The molecule has 1 aromatic heterocycles. The molecule has 0 aliphatic heterocycles. The maximum absolute atomic E-state index is 12.1. The van der Waals surface area contributed by atoms with Crippen molar-refractivity contribution in [2.45, 2.75) is 0 Å². The van der Waals surface area contributed by atoms with E-state index in [9.17, 15) is 4.79 Å². The number of hydrogen-bond acceptors (Lipinski definition) is 5. The van der Waals surface area contributed by atoms with Crippen LogP contribution in [0.4, 0.5) is 5.82 Å². The van der Waals surface area contributed by atoms with Crippen molar-refractivity contribution in [2.75, 3.05) is 19.5 Å². The van der Waals surface area contributed by atoms with Crippen LogP contribution in [-0.4, -0.2) is 30.1 Å². The zero-order chi connectivity index (χ0) is 14.5. The molecule has 0 bridgehead atoms. The molecular formula is C13H12BrN3O3. The van der Waals surface area contributed by atoms with E-state index < -0.39 is 0 Å². The van der Waals surface area contributed by atoms with Gasteiger partial charge in [0.05, 0.1) is 26.6 Å². The Balaban J connectivity index is 2.18. The summed E-state index contributed by atoms with van der Waals surface area (Å²) in [4.78, 5) is 20.1. The molecule has 0 unspecified atom stereocenters. The Morgan fingerprint density at radius 2 is 1.90 bits per heavy atom. The number of benzene rings is 1. The van der Waals surface area contributed by atoms with Crippen LogP contribution < -0.4 is 14.8 Å². The van der Waals surface area contributed by atoms with Gasteiger partial charge in [-0.2, -0.15) is 0 Å². The quantitative estimate of drug-likeness (QED) is 0.927. The summed E-state index contributed by atoms with van der Waals surface area (Å²) in [6.07, 6.45) is 2.97. The Bertz CT molecular complexity index is 617. The Hall–Kier alpha value is -2.15. The summed E-state index contributed by atoms with van der Waals surface area (Å²) < 4.78 is 10.9. The molecule has 0 saturated heterocycles. The molecular weight excluding hydrogens is 326 g/mol. The van der Waals surface area contributed by atoms with Crippen molar-refractivity contribution in [2.24, 2.45) is 0 Å². The highest BCUT2D eigenvalue weighted by Gasteiger charge is 2.11.